The molecule has 2 aromatic rings. The summed E-state index contributed by atoms with van der Waals surface area (Å²) in [6.07, 6.45) is 0. The Balaban J connectivity index is 2.89. The number of hydrogen-bond donors (Lipinski definition) is 2. The summed E-state index contributed by atoms with van der Waals surface area (Å²) in [4.78, 5) is 22.1. The number of carboxylic acid groups (broad SMARTS) is 2. The van der Waals surface area contributed by atoms with Gasteiger partial charge in [0.2, 0.25) is 0 Å². The minimum atomic E-state index is -1.26. The van der Waals surface area contributed by atoms with Gasteiger partial charge in [-0.25, -0.2) is 9.59 Å². The van der Waals surface area contributed by atoms with Crippen molar-refractivity contribution in [1.29, 1.82) is 0 Å². The van der Waals surface area contributed by atoms with Crippen molar-refractivity contribution >= 4 is 45.7 Å². The first-order valence-corrected chi connectivity index (χ1v) is 6.32. The molecular formula is C11H9NO4S2. The van der Waals surface area contributed by atoms with Crippen molar-refractivity contribution < 1.29 is 19.8 Å². The summed E-state index contributed by atoms with van der Waals surface area (Å²) in [5.41, 5.74) is 0.231. The third-order valence-electron chi connectivity index (χ3n) is 2.58. The summed E-state index contributed by atoms with van der Waals surface area (Å²) in [7, 11) is 0. The number of carboxylic acids is 2. The molecule has 2 N–H and O–H groups in total. The van der Waals surface area contributed by atoms with Crippen molar-refractivity contribution in [3.63, 3.8) is 0 Å². The molecule has 0 saturated carbocycles. The van der Waals surface area contributed by atoms with E-state index in [0.29, 0.717) is 20.7 Å². The topological polar surface area (TPSA) is 79.5 Å². The van der Waals surface area contributed by atoms with Crippen LogP contribution in [0.1, 0.15) is 27.6 Å². The number of hydrogen-bond acceptors (Lipinski definition) is 4. The van der Waals surface area contributed by atoms with Crippen molar-refractivity contribution in [2.75, 3.05) is 0 Å². The van der Waals surface area contributed by atoms with Gasteiger partial charge in [0, 0.05) is 6.54 Å². The number of rotatable bonds is 3. The molecule has 1 aromatic heterocycles. The second kappa shape index (κ2) is 4.51. The van der Waals surface area contributed by atoms with E-state index in [1.54, 1.807) is 4.57 Å². The minimum Gasteiger partial charge on any atom is -0.478 e. The first-order chi connectivity index (χ1) is 8.45. The predicted octanol–water partition coefficient (Wildman–Crippen LogP) is 2.85. The van der Waals surface area contributed by atoms with Crippen LogP contribution in [0.15, 0.2) is 12.1 Å². The first kappa shape index (κ1) is 12.7. The zero-order valence-electron chi connectivity index (χ0n) is 9.34. The Morgan fingerprint density at radius 2 is 1.83 bits per heavy atom. The summed E-state index contributed by atoms with van der Waals surface area (Å²) < 4.78 is 3.07. The highest BCUT2D eigenvalue weighted by atomic mass is 32.1. The molecule has 0 aliphatic heterocycles. The lowest BCUT2D eigenvalue weighted by atomic mass is 10.1. The molecule has 18 heavy (non-hydrogen) atoms. The Morgan fingerprint density at radius 3 is 2.33 bits per heavy atom. The molecule has 0 aliphatic rings. The average Bonchev–Trinajstić information content (AvgIpc) is 2.61. The predicted molar refractivity (Wildman–Crippen MR) is 70.2 cm³/mol. The van der Waals surface area contributed by atoms with E-state index in [-0.39, 0.29) is 11.1 Å². The summed E-state index contributed by atoms with van der Waals surface area (Å²) in [5, 5.41) is 18.1. The normalized spacial score (nSPS) is 10.7. The monoisotopic (exact) mass is 283 g/mol. The Kier molecular flexibility index (Phi) is 3.18. The van der Waals surface area contributed by atoms with Gasteiger partial charge in [-0.1, -0.05) is 0 Å². The van der Waals surface area contributed by atoms with Crippen molar-refractivity contribution in [3.05, 3.63) is 27.2 Å². The largest absolute Gasteiger partial charge is 0.478 e. The lowest BCUT2D eigenvalue weighted by molar-refractivity contribution is 0.0652. The second-order valence-electron chi connectivity index (χ2n) is 3.59. The van der Waals surface area contributed by atoms with Gasteiger partial charge < -0.3 is 14.8 Å². The van der Waals surface area contributed by atoms with Crippen molar-refractivity contribution in [1.82, 2.24) is 4.57 Å². The first-order valence-electron chi connectivity index (χ1n) is 5.09. The molecule has 0 bridgehead atoms. The maximum absolute atomic E-state index is 11.1. The molecule has 0 unspecified atom stereocenters. The van der Waals surface area contributed by atoms with Crippen LogP contribution in [0.25, 0.3) is 10.2 Å². The van der Waals surface area contributed by atoms with Crippen molar-refractivity contribution in [3.8, 4) is 0 Å². The number of benzene rings is 1. The Labute approximate surface area is 111 Å². The fourth-order valence-corrected chi connectivity index (χ4v) is 3.23. The SMILES string of the molecule is CCn1c(=S)sc2cc(C(=O)O)c(C(=O)O)cc21. The van der Waals surface area contributed by atoms with Gasteiger partial charge in [0.05, 0.1) is 21.3 Å². The van der Waals surface area contributed by atoms with E-state index in [2.05, 4.69) is 0 Å². The van der Waals surface area contributed by atoms with E-state index in [4.69, 9.17) is 22.4 Å². The van der Waals surface area contributed by atoms with Crippen molar-refractivity contribution in [2.45, 2.75) is 13.5 Å². The zero-order valence-corrected chi connectivity index (χ0v) is 11.0. The van der Waals surface area contributed by atoms with E-state index in [9.17, 15) is 9.59 Å². The highest BCUT2D eigenvalue weighted by Crippen LogP contribution is 2.27. The van der Waals surface area contributed by atoms with Gasteiger partial charge in [-0.15, -0.1) is 11.3 Å². The maximum Gasteiger partial charge on any atom is 0.336 e. The van der Waals surface area contributed by atoms with E-state index < -0.39 is 11.9 Å². The Hall–Kier alpha value is -1.73. The fourth-order valence-electron chi connectivity index (χ4n) is 1.76. The third kappa shape index (κ3) is 1.91. The second-order valence-corrected chi connectivity index (χ2v) is 5.26. The molecule has 0 saturated heterocycles. The smallest absolute Gasteiger partial charge is 0.336 e. The van der Waals surface area contributed by atoms with E-state index in [1.165, 1.54) is 23.5 Å². The molecule has 0 aliphatic carbocycles. The number of nitrogens with zero attached hydrogens (tertiary/aromatic N) is 1. The van der Waals surface area contributed by atoms with Crippen LogP contribution in [0.2, 0.25) is 0 Å². The lowest BCUT2D eigenvalue weighted by Gasteiger charge is -2.04. The van der Waals surface area contributed by atoms with Crippen LogP contribution in [-0.4, -0.2) is 26.7 Å². The minimum absolute atomic E-state index is 0.213. The molecule has 5 nitrogen and oxygen atoms in total. The van der Waals surface area contributed by atoms with Gasteiger partial charge in [-0.2, -0.15) is 0 Å². The van der Waals surface area contributed by atoms with Crippen molar-refractivity contribution in [2.24, 2.45) is 0 Å². The number of aromatic carboxylic acids is 2. The molecule has 0 fully saturated rings. The summed E-state index contributed by atoms with van der Waals surface area (Å²) in [6, 6.07) is 2.74. The van der Waals surface area contributed by atoms with Gasteiger partial charge in [-0.05, 0) is 31.3 Å². The lowest BCUT2D eigenvalue weighted by Crippen LogP contribution is -2.08. The van der Waals surface area contributed by atoms with E-state index in [0.717, 1.165) is 0 Å². The summed E-state index contributed by atoms with van der Waals surface area (Å²) in [5.74, 6) is -2.51. The highest BCUT2D eigenvalue weighted by molar-refractivity contribution is 7.73. The van der Waals surface area contributed by atoms with Gasteiger partial charge in [-0.3, -0.25) is 0 Å². The molecular weight excluding hydrogens is 274 g/mol. The molecule has 2 rings (SSSR count). The highest BCUT2D eigenvalue weighted by Gasteiger charge is 2.19. The Bertz CT molecular complexity index is 714. The maximum atomic E-state index is 11.1. The number of aryl methyl sites for hydroxylation is 1. The van der Waals surface area contributed by atoms with Crippen LogP contribution < -0.4 is 0 Å². The van der Waals surface area contributed by atoms with E-state index in [1.807, 2.05) is 6.92 Å². The number of carbonyl (C=O) groups is 2. The number of aromatic nitrogens is 1. The quantitative estimate of drug-likeness (QED) is 0.847. The molecule has 7 heteroatoms. The van der Waals surface area contributed by atoms with Crippen LogP contribution >= 0.6 is 23.6 Å². The van der Waals surface area contributed by atoms with Gasteiger partial charge in [0.25, 0.3) is 0 Å². The molecule has 0 radical (unpaired) electrons. The van der Waals surface area contributed by atoms with Crippen LogP contribution in [0.3, 0.4) is 0 Å². The fraction of sp³-hybridized carbons (Fsp3) is 0.182. The van der Waals surface area contributed by atoms with Crippen LogP contribution in [-0.2, 0) is 6.54 Å². The Morgan fingerprint density at radius 1 is 1.28 bits per heavy atom. The van der Waals surface area contributed by atoms with Gasteiger partial charge in [0.1, 0.15) is 0 Å². The standard InChI is InChI=1S/C11H9NO4S2/c1-2-12-7-3-5(9(13)14)6(10(15)16)4-8(7)18-11(12)17/h3-4H,2H2,1H3,(H,13,14)(H,15,16). The average molecular weight is 283 g/mol. The van der Waals surface area contributed by atoms with Crippen LogP contribution in [0.4, 0.5) is 0 Å². The van der Waals surface area contributed by atoms with Crippen LogP contribution in [0, 0.1) is 3.95 Å². The molecule has 0 spiro atoms. The zero-order chi connectivity index (χ0) is 13.4. The molecule has 0 amide bonds. The third-order valence-corrected chi connectivity index (χ3v) is 4.00. The molecule has 0 atom stereocenters. The van der Waals surface area contributed by atoms with Gasteiger partial charge >= 0.3 is 11.9 Å². The van der Waals surface area contributed by atoms with Crippen LogP contribution in [0.5, 0.6) is 0 Å². The summed E-state index contributed by atoms with van der Waals surface area (Å²) >= 11 is 6.43. The summed E-state index contributed by atoms with van der Waals surface area (Å²) in [6.45, 7) is 2.51. The number of thiazole rings is 1. The van der Waals surface area contributed by atoms with E-state index >= 15 is 0 Å². The van der Waals surface area contributed by atoms with Gasteiger partial charge in [0.15, 0.2) is 3.95 Å². The molecule has 94 valence electrons. The number of fused-ring (bicyclic) bond motifs is 1. The molecule has 1 heterocycles. The molecule has 1 aromatic carbocycles.